The van der Waals surface area contributed by atoms with Crippen molar-refractivity contribution >= 4 is 34.0 Å². The summed E-state index contributed by atoms with van der Waals surface area (Å²) in [4.78, 5) is 30.9. The topological polar surface area (TPSA) is 110 Å². The van der Waals surface area contributed by atoms with Gasteiger partial charge in [0.15, 0.2) is 11.5 Å². The van der Waals surface area contributed by atoms with Crippen LogP contribution < -0.4 is 30.5 Å². The number of nitrogens with two attached hydrogens (primary N) is 1. The summed E-state index contributed by atoms with van der Waals surface area (Å²) in [5, 5.41) is 5.88. The van der Waals surface area contributed by atoms with Gasteiger partial charge in [0.25, 0.3) is 0 Å². The summed E-state index contributed by atoms with van der Waals surface area (Å²) in [7, 11) is 0. The van der Waals surface area contributed by atoms with Crippen LogP contribution in [0, 0.1) is 0 Å². The number of fused-ring (bicyclic) bond motifs is 1. The molecule has 0 saturated heterocycles. The van der Waals surface area contributed by atoms with E-state index in [9.17, 15) is 22.8 Å². The molecule has 0 aliphatic rings. The number of halogens is 3. The number of carbonyl (C=O) groups is 2. The summed E-state index contributed by atoms with van der Waals surface area (Å²) in [6.07, 6.45) is -1.82. The predicted molar refractivity (Wildman–Crippen MR) is 167 cm³/mol. The summed E-state index contributed by atoms with van der Waals surface area (Å²) in [6.45, 7) is 7.01. The van der Waals surface area contributed by atoms with Crippen LogP contribution in [-0.4, -0.2) is 42.2 Å². The zero-order valence-corrected chi connectivity index (χ0v) is 25.5. The first kappa shape index (κ1) is 33.1. The third-order valence-corrected chi connectivity index (χ3v) is 6.93. The summed E-state index contributed by atoms with van der Waals surface area (Å²) in [6, 6.07) is 17.4. The number of pyridine rings is 1. The van der Waals surface area contributed by atoms with Gasteiger partial charge in [-0.15, -0.1) is 0 Å². The highest BCUT2D eigenvalue weighted by molar-refractivity contribution is 5.98. The lowest BCUT2D eigenvalue weighted by atomic mass is 10.0. The van der Waals surface area contributed by atoms with Gasteiger partial charge in [0.05, 0.1) is 18.4 Å². The van der Waals surface area contributed by atoms with Gasteiger partial charge in [0.1, 0.15) is 6.04 Å². The molecule has 9 nitrogen and oxygen atoms in total. The molecule has 12 heteroatoms. The number of alkyl halides is 3. The number of hydrogen-bond donors (Lipinski definition) is 2. The van der Waals surface area contributed by atoms with E-state index in [4.69, 9.17) is 15.3 Å². The average molecular weight is 624 g/mol. The smallest absolute Gasteiger partial charge is 0.471 e. The number of benzene rings is 3. The number of ether oxygens (including phenoxy) is 2. The van der Waals surface area contributed by atoms with E-state index in [1.807, 2.05) is 39.0 Å². The SMILES string of the molecule is CCOc1cc(C(C(=O)NCc2ccccc2N(CC)C(=O)C(F)(F)F)N(N)c2ccc3cnccc3c2)ccc1OC(C)C. The predicted octanol–water partition coefficient (Wildman–Crippen LogP) is 6.07. The molecule has 2 amide bonds. The van der Waals surface area contributed by atoms with Crippen molar-refractivity contribution in [2.45, 2.75) is 52.6 Å². The zero-order valence-electron chi connectivity index (χ0n) is 25.5. The summed E-state index contributed by atoms with van der Waals surface area (Å²) in [5.41, 5.74) is 1.38. The van der Waals surface area contributed by atoms with Crippen molar-refractivity contribution in [3.63, 3.8) is 0 Å². The maximum absolute atomic E-state index is 14.0. The number of anilines is 2. The average Bonchev–Trinajstić information content (AvgIpc) is 3.01. The van der Waals surface area contributed by atoms with E-state index in [-0.39, 0.29) is 24.9 Å². The van der Waals surface area contributed by atoms with Gasteiger partial charge in [0, 0.05) is 36.6 Å². The molecule has 3 aromatic carbocycles. The minimum Gasteiger partial charge on any atom is -0.490 e. The number of amides is 2. The van der Waals surface area contributed by atoms with Crippen LogP contribution in [0.3, 0.4) is 0 Å². The van der Waals surface area contributed by atoms with E-state index in [2.05, 4.69) is 10.3 Å². The molecule has 0 fully saturated rings. The number of hydrazine groups is 1. The van der Waals surface area contributed by atoms with E-state index >= 15 is 0 Å². The van der Waals surface area contributed by atoms with E-state index < -0.39 is 24.0 Å². The van der Waals surface area contributed by atoms with Crippen LogP contribution in [0.4, 0.5) is 24.5 Å². The van der Waals surface area contributed by atoms with Crippen molar-refractivity contribution < 1.29 is 32.2 Å². The summed E-state index contributed by atoms with van der Waals surface area (Å²) < 4.78 is 51.7. The Morgan fingerprint density at radius 2 is 1.73 bits per heavy atom. The van der Waals surface area contributed by atoms with Gasteiger partial charge in [-0.2, -0.15) is 13.2 Å². The summed E-state index contributed by atoms with van der Waals surface area (Å²) >= 11 is 0. The minimum absolute atomic E-state index is 0.0423. The standard InChI is InChI=1S/C33H36F3N5O4/c1-5-40(32(43)33(34,35)36)27-10-8-7-9-25(27)20-39-31(42)30(23-12-14-28(45-21(3)4)29(18-23)44-6-2)41(37)26-13-11-24-19-38-16-15-22(24)17-26/h7-19,21,30H,5-6,20,37H2,1-4H3,(H,39,42). The fourth-order valence-electron chi connectivity index (χ4n) is 4.91. The maximum atomic E-state index is 14.0. The van der Waals surface area contributed by atoms with E-state index in [1.165, 1.54) is 24.1 Å². The minimum atomic E-state index is -5.06. The molecule has 0 bridgehead atoms. The monoisotopic (exact) mass is 623 g/mol. The van der Waals surface area contributed by atoms with Crippen molar-refractivity contribution in [1.82, 2.24) is 10.3 Å². The Hall–Kier alpha value is -4.84. The third kappa shape index (κ3) is 7.82. The molecule has 4 rings (SSSR count). The molecular weight excluding hydrogens is 587 g/mol. The normalized spacial score (nSPS) is 12.1. The Labute approximate surface area is 259 Å². The van der Waals surface area contributed by atoms with Crippen LogP contribution in [0.1, 0.15) is 44.9 Å². The molecule has 0 aliphatic heterocycles. The van der Waals surface area contributed by atoms with Crippen LogP contribution in [0.15, 0.2) is 79.1 Å². The second kappa shape index (κ2) is 14.3. The number of para-hydroxylation sites is 1. The van der Waals surface area contributed by atoms with Crippen molar-refractivity contribution in [1.29, 1.82) is 0 Å². The van der Waals surface area contributed by atoms with Gasteiger partial charge in [-0.1, -0.05) is 30.3 Å². The van der Waals surface area contributed by atoms with Crippen LogP contribution in [0.25, 0.3) is 10.8 Å². The third-order valence-electron chi connectivity index (χ3n) is 6.93. The largest absolute Gasteiger partial charge is 0.490 e. The molecule has 0 radical (unpaired) electrons. The van der Waals surface area contributed by atoms with Gasteiger partial charge in [-0.05, 0) is 80.6 Å². The second-order valence-corrected chi connectivity index (χ2v) is 10.4. The highest BCUT2D eigenvalue weighted by atomic mass is 19.4. The first-order valence-electron chi connectivity index (χ1n) is 14.5. The Balaban J connectivity index is 1.71. The second-order valence-electron chi connectivity index (χ2n) is 10.4. The number of carbonyl (C=O) groups excluding carboxylic acids is 2. The number of hydrogen-bond acceptors (Lipinski definition) is 7. The molecule has 1 unspecified atom stereocenters. The fraction of sp³-hybridized carbons (Fsp3) is 0.303. The molecule has 3 N–H and O–H groups in total. The molecule has 0 aliphatic carbocycles. The highest BCUT2D eigenvalue weighted by Gasteiger charge is 2.43. The van der Waals surface area contributed by atoms with E-state index in [0.717, 1.165) is 10.8 Å². The zero-order chi connectivity index (χ0) is 32.7. The van der Waals surface area contributed by atoms with Crippen LogP contribution in [0.2, 0.25) is 0 Å². The first-order valence-corrected chi connectivity index (χ1v) is 14.5. The van der Waals surface area contributed by atoms with Gasteiger partial charge in [0.2, 0.25) is 5.91 Å². The Bertz CT molecular complexity index is 1650. The molecule has 1 aromatic heterocycles. The molecule has 238 valence electrons. The van der Waals surface area contributed by atoms with Gasteiger partial charge >= 0.3 is 12.1 Å². The van der Waals surface area contributed by atoms with Gasteiger partial charge in [-0.3, -0.25) is 19.6 Å². The fourth-order valence-corrected chi connectivity index (χ4v) is 4.91. The number of aromatic nitrogens is 1. The Morgan fingerprint density at radius 1 is 0.978 bits per heavy atom. The van der Waals surface area contributed by atoms with Gasteiger partial charge < -0.3 is 19.7 Å². The lowest BCUT2D eigenvalue weighted by molar-refractivity contribution is -0.170. The lowest BCUT2D eigenvalue weighted by Crippen LogP contribution is -2.45. The molecular formula is C33H36F3N5O4. The Morgan fingerprint density at radius 3 is 2.42 bits per heavy atom. The maximum Gasteiger partial charge on any atom is 0.471 e. The van der Waals surface area contributed by atoms with Crippen molar-refractivity contribution in [3.8, 4) is 11.5 Å². The molecule has 4 aromatic rings. The molecule has 0 spiro atoms. The van der Waals surface area contributed by atoms with Crippen molar-refractivity contribution in [2.24, 2.45) is 5.84 Å². The molecule has 45 heavy (non-hydrogen) atoms. The highest BCUT2D eigenvalue weighted by Crippen LogP contribution is 2.35. The van der Waals surface area contributed by atoms with E-state index in [1.54, 1.807) is 48.8 Å². The van der Waals surface area contributed by atoms with Crippen LogP contribution in [0.5, 0.6) is 11.5 Å². The van der Waals surface area contributed by atoms with E-state index in [0.29, 0.717) is 39.8 Å². The number of rotatable bonds is 12. The molecule has 1 atom stereocenters. The summed E-state index contributed by atoms with van der Waals surface area (Å²) in [5.74, 6) is 5.07. The lowest BCUT2D eigenvalue weighted by Gasteiger charge is -2.30. The van der Waals surface area contributed by atoms with Crippen molar-refractivity contribution in [3.05, 3.63) is 90.3 Å². The number of nitrogens with one attached hydrogen (secondary N) is 1. The number of nitrogens with zero attached hydrogens (tertiary/aromatic N) is 3. The van der Waals surface area contributed by atoms with Crippen molar-refractivity contribution in [2.75, 3.05) is 23.1 Å². The first-order chi connectivity index (χ1) is 21.4. The Kier molecular flexibility index (Phi) is 10.5. The quantitative estimate of drug-likeness (QED) is 0.146. The van der Waals surface area contributed by atoms with Crippen LogP contribution in [-0.2, 0) is 16.1 Å². The molecule has 1 heterocycles. The van der Waals surface area contributed by atoms with Crippen LogP contribution >= 0.6 is 0 Å². The molecule has 0 saturated carbocycles. The van der Waals surface area contributed by atoms with Gasteiger partial charge in [-0.25, -0.2) is 5.84 Å².